The van der Waals surface area contributed by atoms with Crippen LogP contribution in [0.1, 0.15) is 40.8 Å². The SMILES string of the molecule is Cc1cc(C)c(C)c(S(=O)(=O)NC(C)c2ccc3c(c2)OCCO3)c1C. The molecule has 3 rings (SSSR count). The van der Waals surface area contributed by atoms with Crippen LogP contribution in [0.25, 0.3) is 0 Å². The molecule has 140 valence electrons. The highest BCUT2D eigenvalue weighted by atomic mass is 32.2. The van der Waals surface area contributed by atoms with E-state index in [0.29, 0.717) is 29.6 Å². The predicted octanol–water partition coefficient (Wildman–Crippen LogP) is 3.73. The molecule has 2 aromatic carbocycles. The number of hydrogen-bond acceptors (Lipinski definition) is 4. The van der Waals surface area contributed by atoms with Crippen LogP contribution in [0.3, 0.4) is 0 Å². The molecule has 1 unspecified atom stereocenters. The molecule has 1 N–H and O–H groups in total. The van der Waals surface area contributed by atoms with Crippen molar-refractivity contribution in [3.8, 4) is 11.5 Å². The zero-order chi connectivity index (χ0) is 19.1. The van der Waals surface area contributed by atoms with Crippen LogP contribution in [0.15, 0.2) is 29.2 Å². The number of nitrogens with one attached hydrogen (secondary N) is 1. The summed E-state index contributed by atoms with van der Waals surface area (Å²) >= 11 is 0. The van der Waals surface area contributed by atoms with Gasteiger partial charge in [0.1, 0.15) is 13.2 Å². The number of hydrogen-bond donors (Lipinski definition) is 1. The van der Waals surface area contributed by atoms with Crippen molar-refractivity contribution in [3.63, 3.8) is 0 Å². The highest BCUT2D eigenvalue weighted by Gasteiger charge is 2.25. The van der Waals surface area contributed by atoms with E-state index >= 15 is 0 Å². The van der Waals surface area contributed by atoms with E-state index in [9.17, 15) is 8.42 Å². The van der Waals surface area contributed by atoms with Gasteiger partial charge in [0.25, 0.3) is 0 Å². The summed E-state index contributed by atoms with van der Waals surface area (Å²) in [4.78, 5) is 0.374. The first kappa shape index (κ1) is 18.7. The maximum absolute atomic E-state index is 13.1. The van der Waals surface area contributed by atoms with Crippen LogP contribution in [-0.2, 0) is 10.0 Å². The molecule has 1 atom stereocenters. The topological polar surface area (TPSA) is 64.6 Å². The second kappa shape index (κ2) is 6.93. The Balaban J connectivity index is 1.93. The molecular weight excluding hydrogens is 350 g/mol. The lowest BCUT2D eigenvalue weighted by Gasteiger charge is -2.22. The van der Waals surface area contributed by atoms with E-state index in [2.05, 4.69) is 4.72 Å². The van der Waals surface area contributed by atoms with E-state index in [1.807, 2.05) is 58.9 Å². The van der Waals surface area contributed by atoms with Gasteiger partial charge in [-0.05, 0) is 74.6 Å². The Morgan fingerprint density at radius 2 is 1.50 bits per heavy atom. The van der Waals surface area contributed by atoms with E-state index in [0.717, 1.165) is 27.8 Å². The molecule has 2 aromatic rings. The summed E-state index contributed by atoms with van der Waals surface area (Å²) in [7, 11) is -3.66. The molecule has 0 aromatic heterocycles. The fourth-order valence-corrected chi connectivity index (χ4v) is 5.12. The molecule has 26 heavy (non-hydrogen) atoms. The largest absolute Gasteiger partial charge is 0.486 e. The van der Waals surface area contributed by atoms with Gasteiger partial charge in [-0.25, -0.2) is 13.1 Å². The summed E-state index contributed by atoms with van der Waals surface area (Å²) in [6.07, 6.45) is 0. The van der Waals surface area contributed by atoms with Crippen molar-refractivity contribution < 1.29 is 17.9 Å². The van der Waals surface area contributed by atoms with Crippen molar-refractivity contribution in [2.24, 2.45) is 0 Å². The van der Waals surface area contributed by atoms with E-state index in [-0.39, 0.29) is 0 Å². The number of aryl methyl sites for hydroxylation is 2. The minimum absolute atomic E-state index is 0.374. The van der Waals surface area contributed by atoms with E-state index in [1.54, 1.807) is 0 Å². The van der Waals surface area contributed by atoms with Gasteiger partial charge in [0.15, 0.2) is 11.5 Å². The second-order valence-corrected chi connectivity index (χ2v) is 8.49. The van der Waals surface area contributed by atoms with E-state index in [4.69, 9.17) is 9.47 Å². The van der Waals surface area contributed by atoms with Gasteiger partial charge in [-0.1, -0.05) is 12.1 Å². The van der Waals surface area contributed by atoms with Gasteiger partial charge in [0, 0.05) is 6.04 Å². The molecular formula is C20H25NO4S. The molecule has 1 aliphatic heterocycles. The Morgan fingerprint density at radius 3 is 2.12 bits per heavy atom. The fourth-order valence-electron chi connectivity index (χ4n) is 3.27. The molecule has 0 fully saturated rings. The average Bonchev–Trinajstić information content (AvgIpc) is 2.59. The Bertz CT molecular complexity index is 925. The summed E-state index contributed by atoms with van der Waals surface area (Å²) in [5, 5.41) is 0. The molecule has 0 radical (unpaired) electrons. The van der Waals surface area contributed by atoms with Crippen molar-refractivity contribution in [1.29, 1.82) is 0 Å². The number of rotatable bonds is 4. The van der Waals surface area contributed by atoms with E-state index in [1.165, 1.54) is 0 Å². The molecule has 0 spiro atoms. The lowest BCUT2D eigenvalue weighted by molar-refractivity contribution is 0.171. The average molecular weight is 375 g/mol. The zero-order valence-corrected chi connectivity index (χ0v) is 16.7. The Labute approximate surface area is 155 Å². The molecule has 0 bridgehead atoms. The van der Waals surface area contributed by atoms with Crippen LogP contribution in [-0.4, -0.2) is 21.6 Å². The molecule has 0 amide bonds. The third-order valence-corrected chi connectivity index (χ3v) is 6.78. The van der Waals surface area contributed by atoms with Crippen LogP contribution in [0.2, 0.25) is 0 Å². The van der Waals surface area contributed by atoms with Crippen molar-refractivity contribution in [3.05, 3.63) is 52.1 Å². The van der Waals surface area contributed by atoms with Crippen molar-refractivity contribution in [1.82, 2.24) is 4.72 Å². The van der Waals surface area contributed by atoms with Crippen LogP contribution in [0.5, 0.6) is 11.5 Å². The molecule has 0 saturated carbocycles. The maximum Gasteiger partial charge on any atom is 0.241 e. The van der Waals surface area contributed by atoms with Crippen LogP contribution >= 0.6 is 0 Å². The zero-order valence-electron chi connectivity index (χ0n) is 15.8. The van der Waals surface area contributed by atoms with Crippen LogP contribution in [0, 0.1) is 27.7 Å². The molecule has 0 saturated heterocycles. The van der Waals surface area contributed by atoms with Gasteiger partial charge in [-0.2, -0.15) is 0 Å². The van der Waals surface area contributed by atoms with Crippen LogP contribution < -0.4 is 14.2 Å². The van der Waals surface area contributed by atoms with Crippen molar-refractivity contribution in [2.45, 2.75) is 45.6 Å². The first-order valence-electron chi connectivity index (χ1n) is 8.70. The quantitative estimate of drug-likeness (QED) is 0.884. The summed E-state index contributed by atoms with van der Waals surface area (Å²) in [5.74, 6) is 1.34. The van der Waals surface area contributed by atoms with Crippen molar-refractivity contribution in [2.75, 3.05) is 13.2 Å². The molecule has 5 nitrogen and oxygen atoms in total. The maximum atomic E-state index is 13.1. The van der Waals surface area contributed by atoms with Crippen LogP contribution in [0.4, 0.5) is 0 Å². The molecule has 6 heteroatoms. The monoisotopic (exact) mass is 375 g/mol. The van der Waals surface area contributed by atoms with Gasteiger partial charge in [0.2, 0.25) is 10.0 Å². The number of sulfonamides is 1. The van der Waals surface area contributed by atoms with Gasteiger partial charge in [-0.15, -0.1) is 0 Å². The summed E-state index contributed by atoms with van der Waals surface area (Å²) in [6, 6.07) is 7.15. The number of ether oxygens (including phenoxy) is 2. The third-order valence-electron chi connectivity index (χ3n) is 4.96. The highest BCUT2D eigenvalue weighted by molar-refractivity contribution is 7.89. The minimum atomic E-state index is -3.66. The van der Waals surface area contributed by atoms with E-state index < -0.39 is 16.1 Å². The lowest BCUT2D eigenvalue weighted by atomic mass is 10.0. The second-order valence-electron chi connectivity index (χ2n) is 6.84. The first-order chi connectivity index (χ1) is 12.2. The van der Waals surface area contributed by atoms with Crippen molar-refractivity contribution >= 4 is 10.0 Å². The van der Waals surface area contributed by atoms with Gasteiger partial charge in [-0.3, -0.25) is 0 Å². The first-order valence-corrected chi connectivity index (χ1v) is 10.2. The molecule has 0 aliphatic carbocycles. The standard InChI is InChI=1S/C20H25NO4S/c1-12-10-13(2)15(4)20(14(12)3)26(22,23)21-16(5)17-6-7-18-19(11-17)25-9-8-24-18/h6-7,10-11,16,21H,8-9H2,1-5H3. The highest BCUT2D eigenvalue weighted by Crippen LogP contribution is 2.33. The van der Waals surface area contributed by atoms with Gasteiger partial charge < -0.3 is 9.47 Å². The Kier molecular flexibility index (Phi) is 4.99. The van der Waals surface area contributed by atoms with Gasteiger partial charge >= 0.3 is 0 Å². The summed E-state index contributed by atoms with van der Waals surface area (Å²) < 4.78 is 40.1. The Hall–Kier alpha value is -2.05. The fraction of sp³-hybridized carbons (Fsp3) is 0.400. The molecule has 1 heterocycles. The predicted molar refractivity (Wildman–Crippen MR) is 102 cm³/mol. The summed E-state index contributed by atoms with van der Waals surface area (Å²) in [6.45, 7) is 10.4. The number of benzene rings is 2. The third kappa shape index (κ3) is 3.44. The molecule has 1 aliphatic rings. The van der Waals surface area contributed by atoms with Gasteiger partial charge in [0.05, 0.1) is 4.90 Å². The Morgan fingerprint density at radius 1 is 0.923 bits per heavy atom. The normalized spacial score (nSPS) is 15.0. The number of fused-ring (bicyclic) bond motifs is 1. The minimum Gasteiger partial charge on any atom is -0.486 e. The summed E-state index contributed by atoms with van der Waals surface area (Å²) in [5.41, 5.74) is 4.35. The smallest absolute Gasteiger partial charge is 0.241 e. The lowest BCUT2D eigenvalue weighted by Crippen LogP contribution is -2.28.